The van der Waals surface area contributed by atoms with E-state index < -0.39 is 0 Å². The van der Waals surface area contributed by atoms with Crippen LogP contribution in [0.3, 0.4) is 0 Å². The van der Waals surface area contributed by atoms with Crippen molar-refractivity contribution in [3.05, 3.63) is 154 Å². The van der Waals surface area contributed by atoms with Gasteiger partial charge >= 0.3 is 11.9 Å². The van der Waals surface area contributed by atoms with Gasteiger partial charge in [-0.2, -0.15) is 0 Å². The van der Waals surface area contributed by atoms with Crippen LogP contribution in [0.15, 0.2) is 126 Å². The molecule has 6 heteroatoms. The van der Waals surface area contributed by atoms with E-state index in [0.717, 1.165) is 28.7 Å². The second-order valence-corrected chi connectivity index (χ2v) is 9.93. The third-order valence-corrected chi connectivity index (χ3v) is 7.02. The zero-order chi connectivity index (χ0) is 30.9. The van der Waals surface area contributed by atoms with E-state index in [9.17, 15) is 9.59 Å². The predicted molar refractivity (Wildman–Crippen MR) is 172 cm³/mol. The van der Waals surface area contributed by atoms with Crippen LogP contribution in [0.25, 0.3) is 23.7 Å². The summed E-state index contributed by atoms with van der Waals surface area (Å²) in [4.78, 5) is 24.0. The van der Waals surface area contributed by atoms with Crippen LogP contribution in [0.4, 0.5) is 0 Å². The van der Waals surface area contributed by atoms with Crippen molar-refractivity contribution < 1.29 is 28.5 Å². The fourth-order valence-corrected chi connectivity index (χ4v) is 4.62. The highest BCUT2D eigenvalue weighted by atomic mass is 16.5. The van der Waals surface area contributed by atoms with Crippen LogP contribution < -0.4 is 9.47 Å². The Kier molecular flexibility index (Phi) is 9.52. The maximum atomic E-state index is 12.2. The van der Waals surface area contributed by atoms with Gasteiger partial charge in [0.15, 0.2) is 0 Å². The molecule has 0 saturated heterocycles. The lowest BCUT2D eigenvalue weighted by Crippen LogP contribution is -1.98. The molecule has 0 atom stereocenters. The summed E-state index contributed by atoms with van der Waals surface area (Å²) in [6, 6.07) is 32.8. The minimum absolute atomic E-state index is 0.303. The Morgan fingerprint density at radius 3 is 1.77 bits per heavy atom. The zero-order valence-corrected chi connectivity index (χ0v) is 24.8. The molecule has 0 fully saturated rings. The minimum Gasteiger partial charge on any atom is -0.497 e. The molecule has 4 aromatic rings. The molecule has 0 N–H and O–H groups in total. The lowest BCUT2D eigenvalue weighted by molar-refractivity contribution is -0.131. The summed E-state index contributed by atoms with van der Waals surface area (Å²) in [6.45, 7) is 2.10. The normalized spacial score (nSPS) is 15.6. The average Bonchev–Trinajstić information content (AvgIpc) is 3.63. The number of carbonyl (C=O) groups is 2. The maximum absolute atomic E-state index is 12.2. The number of aryl methyl sites for hydroxylation is 1. The number of benzene rings is 4. The smallest absolute Gasteiger partial charge is 0.343 e. The highest BCUT2D eigenvalue weighted by Crippen LogP contribution is 2.31. The lowest BCUT2D eigenvalue weighted by Gasteiger charge is -2.07. The Bertz CT molecular complexity index is 1760. The topological polar surface area (TPSA) is 71.1 Å². The molecule has 4 aromatic carbocycles. The summed E-state index contributed by atoms with van der Waals surface area (Å²) >= 11 is 0. The predicted octanol–water partition coefficient (Wildman–Crippen LogP) is 7.92. The molecule has 2 aliphatic rings. The molecule has 6 nitrogen and oxygen atoms in total. The fraction of sp³-hybridized carbons (Fsp3) is 0.105. The molecule has 6 rings (SSSR count). The van der Waals surface area contributed by atoms with Crippen molar-refractivity contribution in [3.8, 4) is 11.5 Å². The van der Waals surface area contributed by atoms with Crippen molar-refractivity contribution in [1.82, 2.24) is 0 Å². The van der Waals surface area contributed by atoms with Crippen molar-refractivity contribution in [2.75, 3.05) is 14.2 Å². The van der Waals surface area contributed by atoms with Gasteiger partial charge in [0, 0.05) is 16.7 Å². The summed E-state index contributed by atoms with van der Waals surface area (Å²) in [5.74, 6) is 1.84. The van der Waals surface area contributed by atoms with Gasteiger partial charge in [0.25, 0.3) is 0 Å². The van der Waals surface area contributed by atoms with Crippen molar-refractivity contribution in [1.29, 1.82) is 0 Å². The van der Waals surface area contributed by atoms with E-state index in [1.54, 1.807) is 38.5 Å². The van der Waals surface area contributed by atoms with Gasteiger partial charge in [-0.1, -0.05) is 91.9 Å². The quantitative estimate of drug-likeness (QED) is 0.162. The van der Waals surface area contributed by atoms with Crippen molar-refractivity contribution >= 4 is 35.6 Å². The van der Waals surface area contributed by atoms with Crippen LogP contribution in [-0.2, 0) is 25.5 Å². The summed E-state index contributed by atoms with van der Waals surface area (Å²) < 4.78 is 21.3. The number of hydrogen-bond donors (Lipinski definition) is 0. The average molecular weight is 585 g/mol. The largest absolute Gasteiger partial charge is 0.497 e. The Morgan fingerprint density at radius 1 is 0.636 bits per heavy atom. The second-order valence-electron chi connectivity index (χ2n) is 9.93. The van der Waals surface area contributed by atoms with Crippen LogP contribution >= 0.6 is 0 Å². The van der Waals surface area contributed by atoms with Gasteiger partial charge in [0.2, 0.25) is 0 Å². The Morgan fingerprint density at radius 2 is 1.20 bits per heavy atom. The first-order valence-electron chi connectivity index (χ1n) is 14.2. The van der Waals surface area contributed by atoms with Crippen LogP contribution in [0.1, 0.15) is 34.7 Å². The molecule has 0 saturated carbocycles. The number of esters is 2. The van der Waals surface area contributed by atoms with Crippen molar-refractivity contribution in [2.45, 2.75) is 13.3 Å². The lowest BCUT2D eigenvalue weighted by atomic mass is 10.1. The van der Waals surface area contributed by atoms with Gasteiger partial charge in [-0.15, -0.1) is 0 Å². The molecule has 0 aromatic heterocycles. The minimum atomic E-state index is -0.376. The second kappa shape index (κ2) is 14.0. The van der Waals surface area contributed by atoms with E-state index in [2.05, 4.69) is 6.92 Å². The molecule has 220 valence electrons. The maximum Gasteiger partial charge on any atom is 0.343 e. The number of rotatable bonds is 7. The molecule has 2 heterocycles. The Balaban J connectivity index is 0.000000181. The van der Waals surface area contributed by atoms with Gasteiger partial charge in [0.05, 0.1) is 25.4 Å². The molecule has 0 radical (unpaired) electrons. The summed E-state index contributed by atoms with van der Waals surface area (Å²) in [7, 11) is 3.19. The highest BCUT2D eigenvalue weighted by Gasteiger charge is 2.23. The molecular weight excluding hydrogens is 552 g/mol. The summed E-state index contributed by atoms with van der Waals surface area (Å²) in [5.41, 5.74) is 5.82. The molecule has 2 aliphatic heterocycles. The first kappa shape index (κ1) is 29.9. The van der Waals surface area contributed by atoms with Gasteiger partial charge in [-0.3, -0.25) is 0 Å². The molecule has 0 amide bonds. The molecular formula is C38H32O6. The van der Waals surface area contributed by atoms with Crippen LogP contribution in [-0.4, -0.2) is 26.2 Å². The number of carbonyl (C=O) groups excluding carboxylic acids is 2. The zero-order valence-electron chi connectivity index (χ0n) is 24.8. The number of ether oxygens (including phenoxy) is 4. The van der Waals surface area contributed by atoms with E-state index in [4.69, 9.17) is 18.9 Å². The number of cyclic esters (lactones) is 2. The van der Waals surface area contributed by atoms with Crippen LogP contribution in [0.5, 0.6) is 11.5 Å². The van der Waals surface area contributed by atoms with Gasteiger partial charge in [0.1, 0.15) is 23.0 Å². The van der Waals surface area contributed by atoms with Crippen LogP contribution in [0, 0.1) is 0 Å². The van der Waals surface area contributed by atoms with E-state index in [-0.39, 0.29) is 11.9 Å². The molecule has 0 aliphatic carbocycles. The third-order valence-electron chi connectivity index (χ3n) is 7.02. The van der Waals surface area contributed by atoms with E-state index in [1.165, 1.54) is 5.56 Å². The summed E-state index contributed by atoms with van der Waals surface area (Å²) in [5, 5.41) is 0. The summed E-state index contributed by atoms with van der Waals surface area (Å²) in [6.07, 6.45) is 8.09. The van der Waals surface area contributed by atoms with Crippen molar-refractivity contribution in [2.24, 2.45) is 0 Å². The molecule has 44 heavy (non-hydrogen) atoms. The highest BCUT2D eigenvalue weighted by molar-refractivity contribution is 6.06. The third kappa shape index (κ3) is 7.23. The Hall–Kier alpha value is -5.62. The van der Waals surface area contributed by atoms with Crippen molar-refractivity contribution in [3.63, 3.8) is 0 Å². The van der Waals surface area contributed by atoms with Gasteiger partial charge in [-0.05, 0) is 60.1 Å². The first-order valence-corrected chi connectivity index (χ1v) is 14.2. The fourth-order valence-electron chi connectivity index (χ4n) is 4.62. The van der Waals surface area contributed by atoms with Gasteiger partial charge in [-0.25, -0.2) is 9.59 Å². The van der Waals surface area contributed by atoms with E-state index >= 15 is 0 Å². The molecule has 0 unspecified atom stereocenters. The first-order chi connectivity index (χ1) is 21.5. The van der Waals surface area contributed by atoms with E-state index in [1.807, 2.05) is 103 Å². The standard InChI is InChI=1S/C21H20O4.C17H12O2/c1-4-14-5-7-15(8-6-14)20-13-17(21(22)25-20)11-16-12-18(23-2)9-10-19(16)24-3;18-17-15(11-13-7-3-1-4-8-13)12-16(19-17)14-9-5-2-6-10-14/h5-13H,4H2,1-3H3;1-12H/b17-11-;15-11-. The monoisotopic (exact) mass is 584 g/mol. The SMILES string of the molecule is CCc1ccc(C2=C/C(=C/c3cc(OC)ccc3OC)C(=O)O2)cc1.O=C1OC(c2ccccc2)=C/C1=C/c1ccccc1. The van der Waals surface area contributed by atoms with Crippen LogP contribution in [0.2, 0.25) is 0 Å². The molecule has 0 spiro atoms. The molecule has 0 bridgehead atoms. The number of methoxy groups -OCH3 is 2. The Labute approximate surface area is 257 Å². The van der Waals surface area contributed by atoms with Gasteiger partial charge < -0.3 is 18.9 Å². The number of hydrogen-bond acceptors (Lipinski definition) is 6. The van der Waals surface area contributed by atoms with E-state index in [0.29, 0.717) is 34.2 Å².